The highest BCUT2D eigenvalue weighted by Gasteiger charge is 2.21. The van der Waals surface area contributed by atoms with Crippen LogP contribution in [0.3, 0.4) is 0 Å². The molecule has 0 aliphatic carbocycles. The fraction of sp³-hybridized carbons (Fsp3) is 0.579. The van der Waals surface area contributed by atoms with E-state index in [1.807, 2.05) is 39.0 Å². The fourth-order valence-electron chi connectivity index (χ4n) is 2.16. The summed E-state index contributed by atoms with van der Waals surface area (Å²) in [5.41, 5.74) is 1.04. The lowest BCUT2D eigenvalue weighted by atomic mass is 9.95. The van der Waals surface area contributed by atoms with Crippen LogP contribution in [0.4, 0.5) is 0 Å². The van der Waals surface area contributed by atoms with Crippen molar-refractivity contribution in [3.05, 3.63) is 35.4 Å². The third-order valence-corrected chi connectivity index (χ3v) is 3.73. The van der Waals surface area contributed by atoms with Gasteiger partial charge >= 0.3 is 0 Å². The molecule has 140 valence electrons. The van der Waals surface area contributed by atoms with Crippen molar-refractivity contribution in [1.82, 2.24) is 10.2 Å². The zero-order chi connectivity index (χ0) is 18.9. The number of nitrogens with one attached hydrogen (secondary N) is 1. The summed E-state index contributed by atoms with van der Waals surface area (Å²) < 4.78 is 10.2. The van der Waals surface area contributed by atoms with Gasteiger partial charge in [0.25, 0.3) is 5.91 Å². The molecule has 1 rings (SSSR count). The molecule has 0 heterocycles. The minimum Gasteiger partial charge on any atom is -0.383 e. The van der Waals surface area contributed by atoms with Gasteiger partial charge in [-0.05, 0) is 17.7 Å². The Hall–Kier alpha value is -1.92. The Morgan fingerprint density at radius 2 is 1.68 bits per heavy atom. The van der Waals surface area contributed by atoms with E-state index in [0.29, 0.717) is 38.4 Å². The van der Waals surface area contributed by atoms with Crippen LogP contribution in [0.1, 0.15) is 36.7 Å². The van der Waals surface area contributed by atoms with Crippen molar-refractivity contribution in [2.45, 2.75) is 27.3 Å². The summed E-state index contributed by atoms with van der Waals surface area (Å²) in [6.45, 7) is 7.94. The first-order chi connectivity index (χ1) is 11.8. The molecule has 0 fully saturated rings. The molecule has 1 N–H and O–H groups in total. The number of carbonyl (C=O) groups is 2. The van der Waals surface area contributed by atoms with Crippen LogP contribution in [0.15, 0.2) is 24.3 Å². The van der Waals surface area contributed by atoms with Crippen molar-refractivity contribution in [3.63, 3.8) is 0 Å². The molecule has 0 saturated heterocycles. The SMILES string of the molecule is COCCN(CCOC)C(=O)c1cccc(CNC(=O)C(C)(C)C)c1. The summed E-state index contributed by atoms with van der Waals surface area (Å²) in [7, 11) is 3.22. The number of hydrogen-bond acceptors (Lipinski definition) is 4. The second kappa shape index (κ2) is 10.2. The molecular weight excluding hydrogens is 320 g/mol. The van der Waals surface area contributed by atoms with E-state index >= 15 is 0 Å². The Morgan fingerprint density at radius 1 is 1.08 bits per heavy atom. The number of carbonyl (C=O) groups excluding carboxylic acids is 2. The molecule has 25 heavy (non-hydrogen) atoms. The molecule has 1 aromatic rings. The van der Waals surface area contributed by atoms with Crippen LogP contribution in [0.5, 0.6) is 0 Å². The minimum atomic E-state index is -0.440. The van der Waals surface area contributed by atoms with Crippen LogP contribution >= 0.6 is 0 Å². The maximum Gasteiger partial charge on any atom is 0.254 e. The molecular formula is C19H30N2O4. The van der Waals surface area contributed by atoms with Crippen molar-refractivity contribution < 1.29 is 19.1 Å². The molecule has 6 nitrogen and oxygen atoms in total. The second-order valence-corrected chi connectivity index (χ2v) is 6.91. The van der Waals surface area contributed by atoms with Gasteiger partial charge in [-0.3, -0.25) is 9.59 Å². The lowest BCUT2D eigenvalue weighted by Crippen LogP contribution is -2.36. The smallest absolute Gasteiger partial charge is 0.254 e. The fourth-order valence-corrected chi connectivity index (χ4v) is 2.16. The molecule has 0 spiro atoms. The molecule has 1 aromatic carbocycles. The lowest BCUT2D eigenvalue weighted by molar-refractivity contribution is -0.128. The Bertz CT molecular complexity index is 559. The first kappa shape index (κ1) is 21.1. The van der Waals surface area contributed by atoms with Gasteiger partial charge in [0.15, 0.2) is 0 Å². The predicted molar refractivity (Wildman–Crippen MR) is 97.4 cm³/mol. The third kappa shape index (κ3) is 7.23. The van der Waals surface area contributed by atoms with Crippen LogP contribution in [-0.4, -0.2) is 57.2 Å². The first-order valence-electron chi connectivity index (χ1n) is 8.44. The molecule has 0 unspecified atom stereocenters. The topological polar surface area (TPSA) is 67.9 Å². The highest BCUT2D eigenvalue weighted by atomic mass is 16.5. The largest absolute Gasteiger partial charge is 0.383 e. The van der Waals surface area contributed by atoms with Gasteiger partial charge in [0.05, 0.1) is 13.2 Å². The predicted octanol–water partition coefficient (Wildman–Crippen LogP) is 2.08. The summed E-state index contributed by atoms with van der Waals surface area (Å²) in [5, 5.41) is 2.90. The first-order valence-corrected chi connectivity index (χ1v) is 8.44. The Labute approximate surface area is 150 Å². The van der Waals surface area contributed by atoms with Crippen LogP contribution < -0.4 is 5.32 Å². The van der Waals surface area contributed by atoms with Crippen molar-refractivity contribution in [3.8, 4) is 0 Å². The third-order valence-electron chi connectivity index (χ3n) is 3.73. The monoisotopic (exact) mass is 350 g/mol. The average molecular weight is 350 g/mol. The number of methoxy groups -OCH3 is 2. The van der Waals surface area contributed by atoms with E-state index in [4.69, 9.17) is 9.47 Å². The highest BCUT2D eigenvalue weighted by Crippen LogP contribution is 2.14. The van der Waals surface area contributed by atoms with Gasteiger partial charge in [-0.2, -0.15) is 0 Å². The Kier molecular flexibility index (Phi) is 8.58. The minimum absolute atomic E-state index is 0.0222. The molecule has 0 radical (unpaired) electrons. The molecule has 0 aromatic heterocycles. The number of hydrogen-bond donors (Lipinski definition) is 1. The van der Waals surface area contributed by atoms with Crippen LogP contribution in [0.2, 0.25) is 0 Å². The Balaban J connectivity index is 2.79. The van der Waals surface area contributed by atoms with E-state index in [9.17, 15) is 9.59 Å². The summed E-state index contributed by atoms with van der Waals surface area (Å²) in [6.07, 6.45) is 0. The molecule has 6 heteroatoms. The van der Waals surface area contributed by atoms with Gasteiger partial charge in [-0.15, -0.1) is 0 Å². The number of benzene rings is 1. The normalized spacial score (nSPS) is 11.2. The summed E-state index contributed by atoms with van der Waals surface area (Å²) in [5.74, 6) is -0.0934. The highest BCUT2D eigenvalue weighted by molar-refractivity contribution is 5.94. The van der Waals surface area contributed by atoms with Crippen molar-refractivity contribution in [1.29, 1.82) is 0 Å². The van der Waals surface area contributed by atoms with Gasteiger partial charge in [-0.1, -0.05) is 32.9 Å². The number of rotatable bonds is 9. The maximum atomic E-state index is 12.7. The zero-order valence-corrected chi connectivity index (χ0v) is 15.9. The lowest BCUT2D eigenvalue weighted by Gasteiger charge is -2.22. The average Bonchev–Trinajstić information content (AvgIpc) is 2.58. The quantitative estimate of drug-likeness (QED) is 0.740. The molecule has 2 amide bonds. The van der Waals surface area contributed by atoms with Crippen molar-refractivity contribution in [2.24, 2.45) is 5.41 Å². The Morgan fingerprint density at radius 3 is 2.20 bits per heavy atom. The van der Waals surface area contributed by atoms with Gasteiger partial charge in [0.2, 0.25) is 5.91 Å². The van der Waals surface area contributed by atoms with Gasteiger partial charge in [-0.25, -0.2) is 0 Å². The van der Waals surface area contributed by atoms with E-state index in [2.05, 4.69) is 5.32 Å². The molecule has 0 saturated carbocycles. The number of amides is 2. The van der Waals surface area contributed by atoms with E-state index in [-0.39, 0.29) is 11.8 Å². The standard InChI is InChI=1S/C19H30N2O4/c1-19(2,3)18(23)20-14-15-7-6-8-16(13-15)17(22)21(9-11-24-4)10-12-25-5/h6-8,13H,9-12,14H2,1-5H3,(H,20,23). The van der Waals surface area contributed by atoms with Gasteiger partial charge in [0.1, 0.15) is 0 Å². The molecule has 0 aliphatic heterocycles. The van der Waals surface area contributed by atoms with Gasteiger partial charge < -0.3 is 19.7 Å². The van der Waals surface area contributed by atoms with E-state index in [1.165, 1.54) is 0 Å². The van der Waals surface area contributed by atoms with Crippen molar-refractivity contribution in [2.75, 3.05) is 40.5 Å². The maximum absolute atomic E-state index is 12.7. The number of ether oxygens (including phenoxy) is 2. The molecule has 0 bridgehead atoms. The summed E-state index contributed by atoms with van der Waals surface area (Å²) in [4.78, 5) is 26.4. The van der Waals surface area contributed by atoms with E-state index in [0.717, 1.165) is 5.56 Å². The molecule has 0 aliphatic rings. The zero-order valence-electron chi connectivity index (χ0n) is 15.9. The van der Waals surface area contributed by atoms with Crippen LogP contribution in [-0.2, 0) is 20.8 Å². The van der Waals surface area contributed by atoms with Gasteiger partial charge in [0, 0.05) is 44.8 Å². The van der Waals surface area contributed by atoms with Crippen LogP contribution in [0, 0.1) is 5.41 Å². The van der Waals surface area contributed by atoms with E-state index in [1.54, 1.807) is 25.2 Å². The van der Waals surface area contributed by atoms with Crippen molar-refractivity contribution >= 4 is 11.8 Å². The second-order valence-electron chi connectivity index (χ2n) is 6.91. The van der Waals surface area contributed by atoms with Crippen LogP contribution in [0.25, 0.3) is 0 Å². The van der Waals surface area contributed by atoms with E-state index < -0.39 is 5.41 Å². The molecule has 0 atom stereocenters. The summed E-state index contributed by atoms with van der Waals surface area (Å²) >= 11 is 0. The number of nitrogens with zero attached hydrogens (tertiary/aromatic N) is 1. The summed E-state index contributed by atoms with van der Waals surface area (Å²) in [6, 6.07) is 7.33.